The average Bonchev–Trinajstić information content (AvgIpc) is 3.60. The lowest BCUT2D eigenvalue weighted by molar-refractivity contribution is -0.139. The van der Waals surface area contributed by atoms with E-state index in [9.17, 15) is 22.8 Å². The molecule has 39 heavy (non-hydrogen) atoms. The highest BCUT2D eigenvalue weighted by Gasteiger charge is 2.46. The van der Waals surface area contributed by atoms with Crippen molar-refractivity contribution < 1.29 is 27.5 Å². The van der Waals surface area contributed by atoms with Crippen LogP contribution >= 0.6 is 11.3 Å². The van der Waals surface area contributed by atoms with E-state index in [-0.39, 0.29) is 48.5 Å². The molecule has 0 bridgehead atoms. The predicted molar refractivity (Wildman–Crippen MR) is 141 cm³/mol. The van der Waals surface area contributed by atoms with Gasteiger partial charge in [-0.15, -0.1) is 11.3 Å². The van der Waals surface area contributed by atoms with Crippen LogP contribution in [-0.2, 0) is 22.3 Å². The topological polar surface area (TPSA) is 74.8 Å². The van der Waals surface area contributed by atoms with Crippen molar-refractivity contribution in [3.63, 3.8) is 0 Å². The minimum atomic E-state index is -4.54. The van der Waals surface area contributed by atoms with Gasteiger partial charge >= 0.3 is 6.18 Å². The lowest BCUT2D eigenvalue weighted by Crippen LogP contribution is -2.46. The van der Waals surface area contributed by atoms with Crippen LogP contribution in [0.4, 0.5) is 18.9 Å². The third-order valence-corrected chi connectivity index (χ3v) is 9.73. The number of nitrogens with zero attached hydrogens (tertiary/aromatic N) is 3. The van der Waals surface area contributed by atoms with Gasteiger partial charge in [0, 0.05) is 53.2 Å². The van der Waals surface area contributed by atoms with E-state index in [0.29, 0.717) is 35.5 Å². The summed E-state index contributed by atoms with van der Waals surface area (Å²) >= 11 is 1.36. The van der Waals surface area contributed by atoms with E-state index in [4.69, 9.17) is 4.74 Å². The summed E-state index contributed by atoms with van der Waals surface area (Å²) < 4.78 is 48.8. The lowest BCUT2D eigenvalue weighted by atomic mass is 9.75. The monoisotopic (exact) mass is 556 g/mol. The Hall–Kier alpha value is -3.18. The molecule has 7 nitrogen and oxygen atoms in total. The van der Waals surface area contributed by atoms with E-state index in [1.807, 2.05) is 6.07 Å². The Morgan fingerprint density at radius 1 is 1.13 bits per heavy atom. The SMILES string of the molecule is O=C1CCC(=O)N1Cc1cc2nccc(-c3cc(C(F)(F)F)cc4c3N([C@@H]3CNC5(CCC5)C3)CCO4)c2s1. The van der Waals surface area contributed by atoms with Gasteiger partial charge in [0.05, 0.1) is 34.6 Å². The molecular weight excluding hydrogens is 529 g/mol. The van der Waals surface area contributed by atoms with E-state index < -0.39 is 11.7 Å². The fraction of sp³-hybridized carbons (Fsp3) is 0.464. The largest absolute Gasteiger partial charge is 0.490 e. The molecule has 2 aromatic heterocycles. The number of pyridine rings is 1. The number of rotatable bonds is 4. The third-order valence-electron chi connectivity index (χ3n) is 8.59. The standard InChI is InChI=1S/C28H27F3N4O3S/c29-28(30,31)16-10-20(25-22(11-16)38-9-8-34(25)17-13-27(33-14-17)5-1-6-27)19-4-7-32-21-12-18(39-26(19)21)15-35-23(36)2-3-24(35)37/h4,7,10-12,17,33H,1-3,5-6,8-9,13-15H2/t17-/m0/s1. The molecule has 0 unspecified atom stereocenters. The molecule has 3 aromatic rings. The number of fused-ring (bicyclic) bond motifs is 2. The first-order valence-corrected chi connectivity index (χ1v) is 14.1. The second kappa shape index (κ2) is 8.92. The molecule has 5 heterocycles. The molecule has 1 aliphatic carbocycles. The minimum absolute atomic E-state index is 0.143. The zero-order valence-electron chi connectivity index (χ0n) is 21.1. The molecule has 2 amide bonds. The van der Waals surface area contributed by atoms with Crippen LogP contribution < -0.4 is 15.0 Å². The van der Waals surface area contributed by atoms with Crippen LogP contribution in [0.15, 0.2) is 30.5 Å². The summed E-state index contributed by atoms with van der Waals surface area (Å²) in [7, 11) is 0. The van der Waals surface area contributed by atoms with Gasteiger partial charge in [-0.2, -0.15) is 13.2 Å². The lowest BCUT2D eigenvalue weighted by Gasteiger charge is -2.41. The quantitative estimate of drug-likeness (QED) is 0.450. The van der Waals surface area contributed by atoms with Gasteiger partial charge in [0.15, 0.2) is 0 Å². The number of thiophene rings is 1. The van der Waals surface area contributed by atoms with Crippen LogP contribution in [0.1, 0.15) is 49.0 Å². The molecule has 7 rings (SSSR count). The Morgan fingerprint density at radius 3 is 2.62 bits per heavy atom. The summed E-state index contributed by atoms with van der Waals surface area (Å²) in [6.45, 7) is 1.84. The summed E-state index contributed by atoms with van der Waals surface area (Å²) in [5, 5.41) is 3.69. The highest BCUT2D eigenvalue weighted by atomic mass is 32.1. The van der Waals surface area contributed by atoms with Crippen molar-refractivity contribution in [2.75, 3.05) is 24.6 Å². The van der Waals surface area contributed by atoms with Crippen LogP contribution in [0.3, 0.4) is 0 Å². The zero-order chi connectivity index (χ0) is 26.9. The van der Waals surface area contributed by atoms with Gasteiger partial charge in [0.2, 0.25) is 11.8 Å². The van der Waals surface area contributed by atoms with Gasteiger partial charge < -0.3 is 15.0 Å². The number of alkyl halides is 3. The number of nitrogens with one attached hydrogen (secondary N) is 1. The Balaban J connectivity index is 1.35. The molecule has 204 valence electrons. The third kappa shape index (κ3) is 4.17. The van der Waals surface area contributed by atoms with Crippen LogP contribution in [0.5, 0.6) is 5.75 Å². The maximum atomic E-state index is 14.1. The van der Waals surface area contributed by atoms with E-state index in [1.54, 1.807) is 12.3 Å². The molecule has 0 radical (unpaired) electrons. The Morgan fingerprint density at radius 2 is 1.92 bits per heavy atom. The van der Waals surface area contributed by atoms with Crippen LogP contribution in [0.2, 0.25) is 0 Å². The molecule has 2 saturated heterocycles. The first-order valence-electron chi connectivity index (χ1n) is 13.3. The summed E-state index contributed by atoms with van der Waals surface area (Å²) in [6.07, 6.45) is 1.89. The Labute approximate surface area is 226 Å². The maximum Gasteiger partial charge on any atom is 0.416 e. The normalized spacial score (nSPS) is 22.5. The van der Waals surface area contributed by atoms with Crippen LogP contribution in [0.25, 0.3) is 21.3 Å². The fourth-order valence-electron chi connectivity index (χ4n) is 6.48. The molecular formula is C28H27F3N4O3S. The Bertz CT molecular complexity index is 1480. The van der Waals surface area contributed by atoms with E-state index >= 15 is 0 Å². The number of likely N-dealkylation sites (tertiary alicyclic amines) is 1. The molecule has 1 aromatic carbocycles. The van der Waals surface area contributed by atoms with Crippen molar-refractivity contribution in [1.82, 2.24) is 15.2 Å². The number of imide groups is 1. The van der Waals surface area contributed by atoms with Gasteiger partial charge in [0.25, 0.3) is 0 Å². The molecule has 1 N–H and O–H groups in total. The van der Waals surface area contributed by atoms with Gasteiger partial charge in [-0.05, 0) is 49.9 Å². The van der Waals surface area contributed by atoms with Gasteiger partial charge in [-0.25, -0.2) is 0 Å². The summed E-state index contributed by atoms with van der Waals surface area (Å²) in [5.41, 5.74) is 1.79. The summed E-state index contributed by atoms with van der Waals surface area (Å²) in [4.78, 5) is 33.1. The number of carbonyl (C=O) groups excluding carboxylic acids is 2. The Kier molecular flexibility index (Phi) is 5.68. The van der Waals surface area contributed by atoms with Crippen LogP contribution in [-0.4, -0.2) is 53.0 Å². The minimum Gasteiger partial charge on any atom is -0.490 e. The number of hydrogen-bond donors (Lipinski definition) is 1. The van der Waals surface area contributed by atoms with Gasteiger partial charge in [0.1, 0.15) is 12.4 Å². The number of halogens is 3. The fourth-order valence-corrected chi connectivity index (χ4v) is 7.61. The number of aromatic nitrogens is 1. The second-order valence-corrected chi connectivity index (χ2v) is 12.1. The van der Waals surface area contributed by atoms with E-state index in [2.05, 4.69) is 15.2 Å². The molecule has 1 saturated carbocycles. The highest BCUT2D eigenvalue weighted by Crippen LogP contribution is 2.50. The van der Waals surface area contributed by atoms with Crippen molar-refractivity contribution >= 4 is 39.1 Å². The van der Waals surface area contributed by atoms with Crippen molar-refractivity contribution in [2.45, 2.75) is 62.8 Å². The average molecular weight is 557 g/mol. The first-order chi connectivity index (χ1) is 18.7. The molecule has 1 spiro atoms. The maximum absolute atomic E-state index is 14.1. The molecule has 1 atom stereocenters. The molecule has 3 fully saturated rings. The number of hydrogen-bond acceptors (Lipinski definition) is 7. The van der Waals surface area contributed by atoms with Crippen molar-refractivity contribution in [3.8, 4) is 16.9 Å². The number of ether oxygens (including phenoxy) is 1. The van der Waals surface area contributed by atoms with Crippen molar-refractivity contribution in [2.24, 2.45) is 0 Å². The number of benzene rings is 1. The first kappa shape index (κ1) is 24.8. The molecule has 3 aliphatic heterocycles. The number of carbonyl (C=O) groups is 2. The molecule has 4 aliphatic rings. The highest BCUT2D eigenvalue weighted by molar-refractivity contribution is 7.19. The predicted octanol–water partition coefficient (Wildman–Crippen LogP) is 5.11. The number of anilines is 1. The van der Waals surface area contributed by atoms with Crippen molar-refractivity contribution in [1.29, 1.82) is 0 Å². The smallest absolute Gasteiger partial charge is 0.416 e. The van der Waals surface area contributed by atoms with E-state index in [1.165, 1.54) is 28.7 Å². The summed E-state index contributed by atoms with van der Waals surface area (Å²) in [5.74, 6) is -0.171. The second-order valence-electron chi connectivity index (χ2n) is 10.9. The number of amides is 2. The molecule has 11 heteroatoms. The van der Waals surface area contributed by atoms with Crippen LogP contribution in [0, 0.1) is 0 Å². The van der Waals surface area contributed by atoms with E-state index in [0.717, 1.165) is 41.5 Å². The summed E-state index contributed by atoms with van der Waals surface area (Å²) in [6, 6.07) is 6.07. The zero-order valence-corrected chi connectivity index (χ0v) is 22.0. The van der Waals surface area contributed by atoms with Crippen molar-refractivity contribution in [3.05, 3.63) is 40.9 Å². The van der Waals surface area contributed by atoms with Gasteiger partial charge in [-0.3, -0.25) is 19.5 Å². The van der Waals surface area contributed by atoms with Gasteiger partial charge in [-0.1, -0.05) is 0 Å².